The Labute approximate surface area is 188 Å². The average Bonchev–Trinajstić information content (AvgIpc) is 3.46. The van der Waals surface area contributed by atoms with Crippen LogP contribution in [0.1, 0.15) is 58.3 Å². The van der Waals surface area contributed by atoms with E-state index in [-0.39, 0.29) is 6.04 Å². The Bertz CT molecular complexity index is 1160. The summed E-state index contributed by atoms with van der Waals surface area (Å²) in [4.78, 5) is 11.6. The monoisotopic (exact) mass is 425 g/mol. The molecule has 3 aliphatic rings. The topological polar surface area (TPSA) is 58.6 Å². The molecule has 2 aliphatic carbocycles. The Morgan fingerprint density at radius 2 is 1.72 bits per heavy atom. The molecule has 1 heterocycles. The number of ether oxygens (including phenoxy) is 1. The van der Waals surface area contributed by atoms with E-state index >= 15 is 0 Å². The number of hydrogen-bond acceptors (Lipinski definition) is 3. The second-order valence-electron chi connectivity index (χ2n) is 9.48. The summed E-state index contributed by atoms with van der Waals surface area (Å²) >= 11 is 0. The van der Waals surface area contributed by atoms with Crippen LogP contribution in [0.2, 0.25) is 0 Å². The SMILES string of the molecule is O=C(O)c1ccc2c(c1)C1C3CCC(C3)C1C(c1ccccc1OCc1ccccc1)N2. The molecule has 2 fully saturated rings. The van der Waals surface area contributed by atoms with E-state index in [0.29, 0.717) is 35.8 Å². The van der Waals surface area contributed by atoms with Crippen molar-refractivity contribution < 1.29 is 14.6 Å². The fourth-order valence-corrected chi connectivity index (χ4v) is 6.53. The van der Waals surface area contributed by atoms with E-state index in [9.17, 15) is 9.90 Å². The number of aromatic carboxylic acids is 1. The largest absolute Gasteiger partial charge is 0.489 e. The zero-order valence-corrected chi connectivity index (χ0v) is 17.9. The second-order valence-corrected chi connectivity index (χ2v) is 9.48. The van der Waals surface area contributed by atoms with Crippen LogP contribution in [0.5, 0.6) is 5.75 Å². The van der Waals surface area contributed by atoms with E-state index in [4.69, 9.17) is 4.74 Å². The molecule has 32 heavy (non-hydrogen) atoms. The lowest BCUT2D eigenvalue weighted by atomic mass is 9.67. The van der Waals surface area contributed by atoms with Gasteiger partial charge in [-0.15, -0.1) is 0 Å². The number of benzene rings is 3. The smallest absolute Gasteiger partial charge is 0.335 e. The van der Waals surface area contributed by atoms with Crippen LogP contribution in [0.15, 0.2) is 72.8 Å². The summed E-state index contributed by atoms with van der Waals surface area (Å²) in [6.07, 6.45) is 3.77. The molecule has 2 bridgehead atoms. The molecule has 6 rings (SSSR count). The number of rotatable bonds is 5. The van der Waals surface area contributed by atoms with Gasteiger partial charge in [-0.2, -0.15) is 0 Å². The molecule has 2 saturated carbocycles. The van der Waals surface area contributed by atoms with E-state index < -0.39 is 5.97 Å². The van der Waals surface area contributed by atoms with Gasteiger partial charge < -0.3 is 15.2 Å². The molecule has 3 aromatic rings. The van der Waals surface area contributed by atoms with Gasteiger partial charge in [0.1, 0.15) is 12.4 Å². The van der Waals surface area contributed by atoms with Gasteiger partial charge in [-0.05, 0) is 78.3 Å². The van der Waals surface area contributed by atoms with Gasteiger partial charge in [-0.1, -0.05) is 48.5 Å². The van der Waals surface area contributed by atoms with Crippen molar-refractivity contribution in [3.63, 3.8) is 0 Å². The summed E-state index contributed by atoms with van der Waals surface area (Å²) in [6, 6.07) is 24.4. The molecule has 3 aromatic carbocycles. The first-order chi connectivity index (χ1) is 15.7. The number of fused-ring (bicyclic) bond motifs is 7. The van der Waals surface area contributed by atoms with Crippen molar-refractivity contribution in [1.29, 1.82) is 0 Å². The number of para-hydroxylation sites is 1. The van der Waals surface area contributed by atoms with Gasteiger partial charge in [0.2, 0.25) is 0 Å². The lowest BCUT2D eigenvalue weighted by Crippen LogP contribution is -2.35. The molecule has 5 unspecified atom stereocenters. The maximum atomic E-state index is 11.6. The highest BCUT2D eigenvalue weighted by molar-refractivity contribution is 5.89. The van der Waals surface area contributed by atoms with Gasteiger partial charge in [0, 0.05) is 11.3 Å². The summed E-state index contributed by atoms with van der Waals surface area (Å²) < 4.78 is 6.33. The number of anilines is 1. The van der Waals surface area contributed by atoms with E-state index in [1.165, 1.54) is 30.4 Å². The van der Waals surface area contributed by atoms with Crippen molar-refractivity contribution in [2.45, 2.75) is 37.8 Å². The van der Waals surface area contributed by atoms with Crippen LogP contribution in [-0.2, 0) is 6.61 Å². The maximum absolute atomic E-state index is 11.6. The number of carboxylic acids is 1. The predicted molar refractivity (Wildman–Crippen MR) is 124 cm³/mol. The lowest BCUT2D eigenvalue weighted by molar-refractivity contribution is 0.0696. The van der Waals surface area contributed by atoms with Gasteiger partial charge >= 0.3 is 5.97 Å². The molecule has 5 atom stereocenters. The van der Waals surface area contributed by atoms with Gasteiger partial charge in [0.25, 0.3) is 0 Å². The Balaban J connectivity index is 1.37. The zero-order valence-electron chi connectivity index (χ0n) is 17.9. The summed E-state index contributed by atoms with van der Waals surface area (Å²) in [5.74, 6) is 2.28. The minimum Gasteiger partial charge on any atom is -0.489 e. The summed E-state index contributed by atoms with van der Waals surface area (Å²) in [6.45, 7) is 0.545. The summed E-state index contributed by atoms with van der Waals surface area (Å²) in [7, 11) is 0. The van der Waals surface area contributed by atoms with Crippen molar-refractivity contribution in [3.05, 3.63) is 95.1 Å². The van der Waals surface area contributed by atoms with Crippen molar-refractivity contribution in [1.82, 2.24) is 0 Å². The number of hydrogen-bond donors (Lipinski definition) is 2. The van der Waals surface area contributed by atoms with E-state index in [0.717, 1.165) is 17.0 Å². The Hall–Kier alpha value is -3.27. The molecular weight excluding hydrogens is 398 g/mol. The van der Waals surface area contributed by atoms with Crippen LogP contribution in [0.4, 0.5) is 5.69 Å². The predicted octanol–water partition coefficient (Wildman–Crippen LogP) is 6.26. The van der Waals surface area contributed by atoms with Gasteiger partial charge in [-0.25, -0.2) is 4.79 Å². The van der Waals surface area contributed by atoms with Gasteiger partial charge in [0.05, 0.1) is 11.6 Å². The highest BCUT2D eigenvalue weighted by Gasteiger charge is 2.54. The highest BCUT2D eigenvalue weighted by atomic mass is 16.5. The number of carboxylic acid groups (broad SMARTS) is 1. The quantitative estimate of drug-likeness (QED) is 0.506. The third-order valence-corrected chi connectivity index (χ3v) is 7.83. The minimum absolute atomic E-state index is 0.172. The van der Waals surface area contributed by atoms with E-state index in [2.05, 4.69) is 35.6 Å². The first-order valence-corrected chi connectivity index (χ1v) is 11.6. The van der Waals surface area contributed by atoms with Crippen LogP contribution >= 0.6 is 0 Å². The average molecular weight is 426 g/mol. The highest BCUT2D eigenvalue weighted by Crippen LogP contribution is 2.64. The first kappa shape index (κ1) is 19.4. The van der Waals surface area contributed by atoms with Crippen LogP contribution in [0.25, 0.3) is 0 Å². The molecule has 0 radical (unpaired) electrons. The fourth-order valence-electron chi connectivity index (χ4n) is 6.53. The van der Waals surface area contributed by atoms with Crippen LogP contribution < -0.4 is 10.1 Å². The minimum atomic E-state index is -0.853. The van der Waals surface area contributed by atoms with Crippen molar-refractivity contribution in [3.8, 4) is 5.75 Å². The normalized spacial score (nSPS) is 27.3. The fraction of sp³-hybridized carbons (Fsp3) is 0.321. The van der Waals surface area contributed by atoms with Crippen molar-refractivity contribution in [2.24, 2.45) is 17.8 Å². The van der Waals surface area contributed by atoms with Crippen LogP contribution in [0.3, 0.4) is 0 Å². The molecule has 0 saturated heterocycles. The molecule has 0 aromatic heterocycles. The molecule has 2 N–H and O–H groups in total. The van der Waals surface area contributed by atoms with E-state index in [1.54, 1.807) is 6.07 Å². The molecule has 0 spiro atoms. The number of nitrogens with one attached hydrogen (secondary N) is 1. The molecular formula is C28H27NO3. The van der Waals surface area contributed by atoms with Crippen molar-refractivity contribution in [2.75, 3.05) is 5.32 Å². The first-order valence-electron chi connectivity index (χ1n) is 11.6. The van der Waals surface area contributed by atoms with Crippen LogP contribution in [0, 0.1) is 17.8 Å². The third kappa shape index (κ3) is 3.17. The maximum Gasteiger partial charge on any atom is 0.335 e. The van der Waals surface area contributed by atoms with Crippen LogP contribution in [-0.4, -0.2) is 11.1 Å². The molecule has 4 nitrogen and oxygen atoms in total. The van der Waals surface area contributed by atoms with E-state index in [1.807, 2.05) is 36.4 Å². The lowest BCUT2D eigenvalue weighted by Gasteiger charge is -2.44. The molecule has 0 amide bonds. The number of carbonyl (C=O) groups is 1. The second kappa shape index (κ2) is 7.70. The molecule has 4 heteroatoms. The van der Waals surface area contributed by atoms with Crippen molar-refractivity contribution >= 4 is 11.7 Å². The van der Waals surface area contributed by atoms with Gasteiger partial charge in [0.15, 0.2) is 0 Å². The Morgan fingerprint density at radius 3 is 2.56 bits per heavy atom. The Kier molecular flexibility index (Phi) is 4.67. The Morgan fingerprint density at radius 1 is 0.938 bits per heavy atom. The zero-order chi connectivity index (χ0) is 21.7. The molecule has 162 valence electrons. The molecule has 1 aliphatic heterocycles. The summed E-state index contributed by atoms with van der Waals surface area (Å²) in [5, 5.41) is 13.3. The van der Waals surface area contributed by atoms with Gasteiger partial charge in [-0.3, -0.25) is 0 Å². The summed E-state index contributed by atoms with van der Waals surface area (Å²) in [5.41, 5.74) is 5.02. The third-order valence-electron chi connectivity index (χ3n) is 7.83. The standard InChI is InChI=1S/C28H27NO3/c30-28(31)20-12-13-23-22(15-20)25-18-10-11-19(14-18)26(25)27(29-23)21-8-4-5-9-24(21)32-16-17-6-2-1-3-7-17/h1-9,12-13,15,18-19,25-27,29H,10-11,14,16H2,(H,30,31).